The van der Waals surface area contributed by atoms with Crippen LogP contribution in [0.4, 0.5) is 4.79 Å². The highest BCUT2D eigenvalue weighted by Gasteiger charge is 2.49. The molecule has 7 nitrogen and oxygen atoms in total. The first kappa shape index (κ1) is 20.6. The number of fused-ring (bicyclic) bond motifs is 1. The molecule has 3 saturated heterocycles. The van der Waals surface area contributed by atoms with E-state index in [1.54, 1.807) is 13.8 Å². The molecule has 0 bridgehead atoms. The van der Waals surface area contributed by atoms with Gasteiger partial charge in [-0.15, -0.1) is 12.4 Å². The van der Waals surface area contributed by atoms with Crippen LogP contribution < -0.4 is 10.6 Å². The third kappa shape index (κ3) is 3.26. The van der Waals surface area contributed by atoms with Crippen molar-refractivity contribution in [3.8, 4) is 0 Å². The van der Waals surface area contributed by atoms with Gasteiger partial charge in [-0.1, -0.05) is 24.3 Å². The van der Waals surface area contributed by atoms with Crippen molar-refractivity contribution < 1.29 is 14.4 Å². The fraction of sp³-hybridized carbons (Fsp3) is 0.550. The molecule has 3 aliphatic rings. The molecular weight excluding hydrogens is 380 g/mol. The number of nitrogens with one attached hydrogen (secondary N) is 2. The lowest BCUT2D eigenvalue weighted by molar-refractivity contribution is -0.139. The molecule has 4 rings (SSSR count). The number of carbonyl (C=O) groups is 3. The summed E-state index contributed by atoms with van der Waals surface area (Å²) in [6.07, 6.45) is 0. The van der Waals surface area contributed by atoms with Crippen molar-refractivity contribution in [2.45, 2.75) is 32.4 Å². The summed E-state index contributed by atoms with van der Waals surface area (Å²) in [5.74, 6) is 0.237. The Labute approximate surface area is 171 Å². The van der Waals surface area contributed by atoms with Crippen molar-refractivity contribution in [3.05, 3.63) is 35.4 Å². The van der Waals surface area contributed by atoms with Crippen LogP contribution in [0.2, 0.25) is 0 Å². The zero-order valence-corrected chi connectivity index (χ0v) is 17.2. The van der Waals surface area contributed by atoms with Crippen LogP contribution in [0.3, 0.4) is 0 Å². The normalized spacial score (nSPS) is 28.2. The first-order valence-electron chi connectivity index (χ1n) is 9.49. The largest absolute Gasteiger partial charge is 0.333 e. The summed E-state index contributed by atoms with van der Waals surface area (Å²) < 4.78 is 0. The molecule has 2 N–H and O–H groups in total. The van der Waals surface area contributed by atoms with Gasteiger partial charge in [0.25, 0.3) is 5.91 Å². The number of aryl methyl sites for hydroxylation is 1. The van der Waals surface area contributed by atoms with Gasteiger partial charge in [-0.05, 0) is 37.8 Å². The number of hydrogen-bond acceptors (Lipinski definition) is 4. The summed E-state index contributed by atoms with van der Waals surface area (Å²) in [4.78, 5) is 40.7. The number of rotatable bonds is 3. The number of hydrogen-bond donors (Lipinski definition) is 2. The van der Waals surface area contributed by atoms with Gasteiger partial charge in [-0.3, -0.25) is 14.5 Å². The summed E-state index contributed by atoms with van der Waals surface area (Å²) in [7, 11) is 0. The Morgan fingerprint density at radius 1 is 1.21 bits per heavy atom. The van der Waals surface area contributed by atoms with Gasteiger partial charge < -0.3 is 15.5 Å². The third-order valence-electron chi connectivity index (χ3n) is 6.13. The van der Waals surface area contributed by atoms with Crippen LogP contribution >= 0.6 is 12.4 Å². The van der Waals surface area contributed by atoms with E-state index in [0.717, 1.165) is 29.1 Å². The number of benzene rings is 1. The minimum atomic E-state index is -0.960. The standard InChI is InChI=1S/C20H26N4O3.ClH/c1-12-6-4-5-7-14(12)17-15-9-21-8-13(15)10-23(17)16(25)11-24-18(26)20(2,3)22-19(24)27;/h4-7,13,15,17,21H,8-11H2,1-3H3,(H,22,27);1H/t13-,15-,17+;/m0./s1. The number of halogens is 1. The van der Waals surface area contributed by atoms with E-state index in [-0.39, 0.29) is 36.8 Å². The van der Waals surface area contributed by atoms with Crippen molar-refractivity contribution in [1.82, 2.24) is 20.4 Å². The van der Waals surface area contributed by atoms with Gasteiger partial charge in [0.2, 0.25) is 5.91 Å². The monoisotopic (exact) mass is 406 g/mol. The lowest BCUT2D eigenvalue weighted by Crippen LogP contribution is -2.45. The highest BCUT2D eigenvalue weighted by Crippen LogP contribution is 2.43. The Morgan fingerprint density at radius 3 is 2.57 bits per heavy atom. The number of urea groups is 1. The van der Waals surface area contributed by atoms with Crippen LogP contribution in [-0.2, 0) is 9.59 Å². The molecule has 0 aliphatic carbocycles. The van der Waals surface area contributed by atoms with Gasteiger partial charge in [0.05, 0.1) is 6.04 Å². The molecule has 3 heterocycles. The minimum absolute atomic E-state index is 0. The number of imide groups is 1. The Kier molecular flexibility index (Phi) is 5.42. The van der Waals surface area contributed by atoms with Crippen LogP contribution in [0, 0.1) is 18.8 Å². The maximum Gasteiger partial charge on any atom is 0.325 e. The average molecular weight is 407 g/mol. The van der Waals surface area contributed by atoms with Gasteiger partial charge in [0.15, 0.2) is 0 Å². The minimum Gasteiger partial charge on any atom is -0.333 e. The third-order valence-corrected chi connectivity index (χ3v) is 6.13. The molecule has 0 spiro atoms. The lowest BCUT2D eigenvalue weighted by Gasteiger charge is -2.30. The molecule has 3 aliphatic heterocycles. The molecule has 152 valence electrons. The second kappa shape index (κ2) is 7.37. The van der Waals surface area contributed by atoms with Crippen LogP contribution in [0.1, 0.15) is 31.0 Å². The smallest absolute Gasteiger partial charge is 0.325 e. The first-order chi connectivity index (χ1) is 12.8. The molecule has 0 saturated carbocycles. The summed E-state index contributed by atoms with van der Waals surface area (Å²) >= 11 is 0. The fourth-order valence-electron chi connectivity index (χ4n) is 4.68. The molecular formula is C20H27ClN4O3. The second-order valence-electron chi connectivity index (χ2n) is 8.38. The Bertz CT molecular complexity index is 812. The Morgan fingerprint density at radius 2 is 1.93 bits per heavy atom. The van der Waals surface area contributed by atoms with E-state index in [1.807, 2.05) is 17.0 Å². The molecule has 1 aromatic rings. The van der Waals surface area contributed by atoms with Gasteiger partial charge in [0.1, 0.15) is 12.1 Å². The van der Waals surface area contributed by atoms with E-state index >= 15 is 0 Å². The van der Waals surface area contributed by atoms with E-state index < -0.39 is 11.6 Å². The zero-order valence-electron chi connectivity index (χ0n) is 16.4. The molecule has 8 heteroatoms. The van der Waals surface area contributed by atoms with Crippen molar-refractivity contribution >= 4 is 30.3 Å². The van der Waals surface area contributed by atoms with E-state index in [0.29, 0.717) is 18.4 Å². The van der Waals surface area contributed by atoms with E-state index in [9.17, 15) is 14.4 Å². The summed E-state index contributed by atoms with van der Waals surface area (Å²) in [5.41, 5.74) is 1.35. The molecule has 3 atom stereocenters. The lowest BCUT2D eigenvalue weighted by atomic mass is 9.87. The summed E-state index contributed by atoms with van der Waals surface area (Å²) in [6.45, 7) is 7.59. The SMILES string of the molecule is Cc1ccccc1[C@@H]1[C@H]2CNC[C@H]2CN1C(=O)CN1C(=O)NC(C)(C)C1=O.Cl. The predicted octanol–water partition coefficient (Wildman–Crippen LogP) is 1.47. The predicted molar refractivity (Wildman–Crippen MR) is 107 cm³/mol. The van der Waals surface area contributed by atoms with Crippen LogP contribution in [-0.4, -0.2) is 59.4 Å². The van der Waals surface area contributed by atoms with Crippen molar-refractivity contribution in [2.75, 3.05) is 26.2 Å². The van der Waals surface area contributed by atoms with Gasteiger partial charge in [-0.2, -0.15) is 0 Å². The number of carbonyl (C=O) groups excluding carboxylic acids is 3. The van der Waals surface area contributed by atoms with E-state index in [4.69, 9.17) is 0 Å². The number of likely N-dealkylation sites (tertiary alicyclic amines) is 1. The van der Waals surface area contributed by atoms with Crippen LogP contribution in [0.15, 0.2) is 24.3 Å². The second-order valence-corrected chi connectivity index (χ2v) is 8.38. The maximum absolute atomic E-state index is 13.2. The van der Waals surface area contributed by atoms with Crippen molar-refractivity contribution in [3.63, 3.8) is 0 Å². The van der Waals surface area contributed by atoms with E-state index in [1.165, 1.54) is 0 Å². The molecule has 4 amide bonds. The highest BCUT2D eigenvalue weighted by atomic mass is 35.5. The average Bonchev–Trinajstić information content (AvgIpc) is 3.24. The van der Waals surface area contributed by atoms with Gasteiger partial charge in [-0.25, -0.2) is 4.79 Å². The van der Waals surface area contributed by atoms with Crippen LogP contribution in [0.25, 0.3) is 0 Å². The first-order valence-corrected chi connectivity index (χ1v) is 9.49. The fourth-order valence-corrected chi connectivity index (χ4v) is 4.68. The molecule has 0 unspecified atom stereocenters. The Hall–Kier alpha value is -2.12. The molecule has 0 radical (unpaired) electrons. The highest BCUT2D eigenvalue weighted by molar-refractivity contribution is 6.08. The molecule has 3 fully saturated rings. The maximum atomic E-state index is 13.2. The Balaban J connectivity index is 0.00000225. The summed E-state index contributed by atoms with van der Waals surface area (Å²) in [5, 5.41) is 6.07. The topological polar surface area (TPSA) is 81.8 Å². The summed E-state index contributed by atoms with van der Waals surface area (Å²) in [6, 6.07) is 7.63. The molecule has 0 aromatic heterocycles. The number of amides is 4. The van der Waals surface area contributed by atoms with Gasteiger partial charge >= 0.3 is 6.03 Å². The number of nitrogens with zero attached hydrogens (tertiary/aromatic N) is 2. The van der Waals surface area contributed by atoms with Crippen molar-refractivity contribution in [2.24, 2.45) is 11.8 Å². The van der Waals surface area contributed by atoms with Gasteiger partial charge in [0, 0.05) is 25.6 Å². The molecule has 1 aromatic carbocycles. The zero-order chi connectivity index (χ0) is 19.3. The quantitative estimate of drug-likeness (QED) is 0.745. The molecule has 28 heavy (non-hydrogen) atoms. The van der Waals surface area contributed by atoms with Crippen LogP contribution in [0.5, 0.6) is 0 Å². The van der Waals surface area contributed by atoms with E-state index in [2.05, 4.69) is 29.7 Å². The van der Waals surface area contributed by atoms with Crippen molar-refractivity contribution in [1.29, 1.82) is 0 Å².